The molecule has 18 heavy (non-hydrogen) atoms. The van der Waals surface area contributed by atoms with Crippen LogP contribution >= 0.6 is 0 Å². The van der Waals surface area contributed by atoms with Crippen LogP contribution in [0.5, 0.6) is 11.5 Å². The van der Waals surface area contributed by atoms with Gasteiger partial charge in [-0.3, -0.25) is 5.43 Å². The Kier molecular flexibility index (Phi) is 3.17. The summed E-state index contributed by atoms with van der Waals surface area (Å²) in [5.41, 5.74) is 7.17. The van der Waals surface area contributed by atoms with Crippen molar-refractivity contribution in [2.24, 2.45) is 5.92 Å². The van der Waals surface area contributed by atoms with Crippen LogP contribution in [0, 0.1) is 5.92 Å². The Morgan fingerprint density at radius 3 is 2.89 bits per heavy atom. The standard InChI is InChI=1S/C13H16N2O3/c16-8-10-7-14-15-13(10)9-2-3-11-12(6-9)18-5-1-4-17-11/h2-3,6,8,10,13-15H,1,4-5,7H2. The van der Waals surface area contributed by atoms with Crippen molar-refractivity contribution in [3.63, 3.8) is 0 Å². The molecule has 2 unspecified atom stereocenters. The molecule has 2 atom stereocenters. The quantitative estimate of drug-likeness (QED) is 0.759. The fraction of sp³-hybridized carbons (Fsp3) is 0.462. The molecule has 1 saturated heterocycles. The van der Waals surface area contributed by atoms with Gasteiger partial charge in [-0.15, -0.1) is 0 Å². The first-order valence-electron chi connectivity index (χ1n) is 6.22. The Bertz CT molecular complexity index is 450. The third kappa shape index (κ3) is 2.07. The van der Waals surface area contributed by atoms with Crippen molar-refractivity contribution in [3.05, 3.63) is 23.8 Å². The number of ether oxygens (including phenoxy) is 2. The zero-order valence-corrected chi connectivity index (χ0v) is 10.0. The van der Waals surface area contributed by atoms with E-state index < -0.39 is 0 Å². The number of hydrazine groups is 1. The van der Waals surface area contributed by atoms with E-state index in [1.807, 2.05) is 18.2 Å². The molecule has 0 aromatic heterocycles. The molecule has 5 nitrogen and oxygen atoms in total. The monoisotopic (exact) mass is 248 g/mol. The highest BCUT2D eigenvalue weighted by molar-refractivity contribution is 5.57. The summed E-state index contributed by atoms with van der Waals surface area (Å²) in [5, 5.41) is 0. The molecule has 0 aliphatic carbocycles. The van der Waals surface area contributed by atoms with E-state index in [-0.39, 0.29) is 12.0 Å². The minimum Gasteiger partial charge on any atom is -0.490 e. The number of carbonyl (C=O) groups excluding carboxylic acids is 1. The van der Waals surface area contributed by atoms with Crippen LogP contribution in [0.4, 0.5) is 0 Å². The average molecular weight is 248 g/mol. The van der Waals surface area contributed by atoms with Gasteiger partial charge in [-0.25, -0.2) is 5.43 Å². The van der Waals surface area contributed by atoms with E-state index >= 15 is 0 Å². The summed E-state index contributed by atoms with van der Waals surface area (Å²) in [4.78, 5) is 11.0. The molecule has 0 saturated carbocycles. The Hall–Kier alpha value is -1.59. The van der Waals surface area contributed by atoms with Gasteiger partial charge in [-0.05, 0) is 17.7 Å². The van der Waals surface area contributed by atoms with Gasteiger partial charge in [0.15, 0.2) is 11.5 Å². The van der Waals surface area contributed by atoms with E-state index in [2.05, 4.69) is 10.9 Å². The molecular formula is C13H16N2O3. The van der Waals surface area contributed by atoms with Crippen LogP contribution in [0.25, 0.3) is 0 Å². The molecule has 0 spiro atoms. The number of hydrogen-bond donors (Lipinski definition) is 2. The predicted molar refractivity (Wildman–Crippen MR) is 65.5 cm³/mol. The third-order valence-electron chi connectivity index (χ3n) is 3.33. The molecule has 2 aliphatic heterocycles. The van der Waals surface area contributed by atoms with Gasteiger partial charge in [0.25, 0.3) is 0 Å². The molecule has 1 aromatic rings. The number of aldehydes is 1. The Balaban J connectivity index is 1.89. The van der Waals surface area contributed by atoms with Crippen molar-refractivity contribution in [3.8, 4) is 11.5 Å². The number of rotatable bonds is 2. The zero-order chi connectivity index (χ0) is 12.4. The molecule has 1 aromatic carbocycles. The fourth-order valence-corrected chi connectivity index (χ4v) is 2.34. The van der Waals surface area contributed by atoms with Crippen LogP contribution < -0.4 is 20.3 Å². The van der Waals surface area contributed by atoms with Crippen molar-refractivity contribution in [1.29, 1.82) is 0 Å². The molecule has 0 amide bonds. The molecule has 2 heterocycles. The smallest absolute Gasteiger partial charge is 0.161 e. The van der Waals surface area contributed by atoms with E-state index in [4.69, 9.17) is 9.47 Å². The molecule has 0 bridgehead atoms. The lowest BCUT2D eigenvalue weighted by Crippen LogP contribution is -2.25. The number of fused-ring (bicyclic) bond motifs is 1. The molecule has 2 aliphatic rings. The van der Waals surface area contributed by atoms with Gasteiger partial charge in [0.1, 0.15) is 6.29 Å². The van der Waals surface area contributed by atoms with Gasteiger partial charge < -0.3 is 14.3 Å². The summed E-state index contributed by atoms with van der Waals surface area (Å²) in [6, 6.07) is 5.86. The van der Waals surface area contributed by atoms with Crippen LogP contribution in [0.2, 0.25) is 0 Å². The van der Waals surface area contributed by atoms with Gasteiger partial charge in [0.05, 0.1) is 19.3 Å². The first-order valence-corrected chi connectivity index (χ1v) is 6.22. The van der Waals surface area contributed by atoms with Crippen LogP contribution in [0.1, 0.15) is 18.0 Å². The average Bonchev–Trinajstić information content (AvgIpc) is 2.76. The van der Waals surface area contributed by atoms with Crippen molar-refractivity contribution in [1.82, 2.24) is 10.9 Å². The minimum atomic E-state index is -0.0465. The van der Waals surface area contributed by atoms with Crippen LogP contribution in [0.3, 0.4) is 0 Å². The number of hydrogen-bond acceptors (Lipinski definition) is 5. The van der Waals surface area contributed by atoms with Crippen molar-refractivity contribution in [2.75, 3.05) is 19.8 Å². The first-order chi connectivity index (χ1) is 8.88. The summed E-state index contributed by atoms with van der Waals surface area (Å²) in [6.07, 6.45) is 1.88. The second-order valence-corrected chi connectivity index (χ2v) is 4.56. The highest BCUT2D eigenvalue weighted by Gasteiger charge is 2.28. The van der Waals surface area contributed by atoms with Gasteiger partial charge in [0, 0.05) is 18.9 Å². The van der Waals surface area contributed by atoms with Crippen molar-refractivity contribution in [2.45, 2.75) is 12.5 Å². The van der Waals surface area contributed by atoms with Crippen molar-refractivity contribution < 1.29 is 14.3 Å². The molecule has 3 rings (SSSR count). The van der Waals surface area contributed by atoms with Gasteiger partial charge in [-0.1, -0.05) is 6.07 Å². The summed E-state index contributed by atoms with van der Waals surface area (Å²) in [6.45, 7) is 2.01. The highest BCUT2D eigenvalue weighted by Crippen LogP contribution is 2.34. The largest absolute Gasteiger partial charge is 0.490 e. The lowest BCUT2D eigenvalue weighted by Gasteiger charge is -2.16. The predicted octanol–water partition coefficient (Wildman–Crippen LogP) is 0.812. The number of nitrogens with one attached hydrogen (secondary N) is 2. The topological polar surface area (TPSA) is 59.6 Å². The molecule has 0 radical (unpaired) electrons. The van der Waals surface area contributed by atoms with E-state index in [1.54, 1.807) is 0 Å². The first kappa shape index (κ1) is 11.5. The van der Waals surface area contributed by atoms with Gasteiger partial charge >= 0.3 is 0 Å². The van der Waals surface area contributed by atoms with Crippen LogP contribution in [-0.2, 0) is 4.79 Å². The molecular weight excluding hydrogens is 232 g/mol. The third-order valence-corrected chi connectivity index (χ3v) is 3.33. The summed E-state index contributed by atoms with van der Waals surface area (Å²) in [5.74, 6) is 1.50. The van der Waals surface area contributed by atoms with E-state index in [0.717, 1.165) is 29.8 Å². The van der Waals surface area contributed by atoms with Crippen LogP contribution in [-0.4, -0.2) is 26.0 Å². The Morgan fingerprint density at radius 2 is 2.06 bits per heavy atom. The Morgan fingerprint density at radius 1 is 1.22 bits per heavy atom. The molecule has 5 heteroatoms. The van der Waals surface area contributed by atoms with Gasteiger partial charge in [0.2, 0.25) is 0 Å². The lowest BCUT2D eigenvalue weighted by molar-refractivity contribution is -0.111. The minimum absolute atomic E-state index is 0.000321. The Labute approximate surface area is 105 Å². The molecule has 96 valence electrons. The molecule has 2 N–H and O–H groups in total. The summed E-state index contributed by atoms with van der Waals surface area (Å²) in [7, 11) is 0. The summed E-state index contributed by atoms with van der Waals surface area (Å²) < 4.78 is 11.2. The highest BCUT2D eigenvalue weighted by atomic mass is 16.5. The number of benzene rings is 1. The van der Waals surface area contributed by atoms with Crippen LogP contribution in [0.15, 0.2) is 18.2 Å². The van der Waals surface area contributed by atoms with E-state index in [9.17, 15) is 4.79 Å². The maximum Gasteiger partial charge on any atom is 0.161 e. The fourth-order valence-electron chi connectivity index (χ4n) is 2.34. The summed E-state index contributed by atoms with van der Waals surface area (Å²) >= 11 is 0. The van der Waals surface area contributed by atoms with Gasteiger partial charge in [-0.2, -0.15) is 0 Å². The lowest BCUT2D eigenvalue weighted by atomic mass is 9.96. The SMILES string of the molecule is O=CC1CNNC1c1ccc2c(c1)OCCCO2. The van der Waals surface area contributed by atoms with Crippen molar-refractivity contribution >= 4 is 6.29 Å². The van der Waals surface area contributed by atoms with E-state index in [0.29, 0.717) is 19.8 Å². The number of carbonyl (C=O) groups is 1. The molecule has 1 fully saturated rings. The second-order valence-electron chi connectivity index (χ2n) is 4.56. The van der Waals surface area contributed by atoms with E-state index in [1.165, 1.54) is 0 Å². The normalized spacial score (nSPS) is 26.7. The maximum atomic E-state index is 11.0. The zero-order valence-electron chi connectivity index (χ0n) is 10.0. The second kappa shape index (κ2) is 4.96. The maximum absolute atomic E-state index is 11.0.